The van der Waals surface area contributed by atoms with Gasteiger partial charge in [0, 0.05) is 12.9 Å². The lowest BCUT2D eigenvalue weighted by atomic mass is 10.4. The summed E-state index contributed by atoms with van der Waals surface area (Å²) in [5.74, 6) is 0.904. The second kappa shape index (κ2) is 5.59. The fourth-order valence-electron chi connectivity index (χ4n) is 0.995. The quantitative estimate of drug-likeness (QED) is 0.817. The van der Waals surface area contributed by atoms with Gasteiger partial charge in [0.1, 0.15) is 5.01 Å². The first-order valence-electron chi connectivity index (χ1n) is 3.88. The molecule has 0 fully saturated rings. The van der Waals surface area contributed by atoms with Gasteiger partial charge in [-0.2, -0.15) is 11.8 Å². The van der Waals surface area contributed by atoms with Crippen LogP contribution in [0.1, 0.15) is 15.6 Å². The Morgan fingerprint density at radius 1 is 1.62 bits per heavy atom. The standard InChI is InChI=1S/C8H13NO2S2/c1-11-4-6-7(3-10)13-8(9-6)5-12-2/h10H,3-5H2,1-2H3. The second-order valence-corrected chi connectivity index (χ2v) is 4.54. The van der Waals surface area contributed by atoms with E-state index in [0.29, 0.717) is 6.61 Å². The minimum Gasteiger partial charge on any atom is -0.391 e. The van der Waals surface area contributed by atoms with Crippen LogP contribution in [-0.2, 0) is 23.7 Å². The predicted octanol–water partition coefficient (Wildman–Crippen LogP) is 1.64. The van der Waals surface area contributed by atoms with Gasteiger partial charge in [-0.25, -0.2) is 4.98 Å². The molecule has 0 amide bonds. The van der Waals surface area contributed by atoms with Crippen LogP contribution < -0.4 is 0 Å². The molecule has 3 nitrogen and oxygen atoms in total. The molecule has 0 aliphatic heterocycles. The maximum absolute atomic E-state index is 9.03. The predicted molar refractivity (Wildman–Crippen MR) is 56.0 cm³/mol. The molecular formula is C8H13NO2S2. The number of hydrogen-bond acceptors (Lipinski definition) is 5. The molecule has 1 aromatic rings. The van der Waals surface area contributed by atoms with E-state index in [-0.39, 0.29) is 6.61 Å². The lowest BCUT2D eigenvalue weighted by Gasteiger charge is -1.95. The van der Waals surface area contributed by atoms with Crippen molar-refractivity contribution in [3.63, 3.8) is 0 Å². The van der Waals surface area contributed by atoms with E-state index in [9.17, 15) is 0 Å². The van der Waals surface area contributed by atoms with Crippen molar-refractivity contribution in [1.29, 1.82) is 0 Å². The van der Waals surface area contributed by atoms with Crippen LogP contribution in [0, 0.1) is 0 Å². The molecule has 0 saturated heterocycles. The van der Waals surface area contributed by atoms with Gasteiger partial charge in [-0.05, 0) is 6.26 Å². The van der Waals surface area contributed by atoms with Gasteiger partial charge in [-0.3, -0.25) is 0 Å². The first kappa shape index (κ1) is 11.0. The van der Waals surface area contributed by atoms with Crippen molar-refractivity contribution >= 4 is 23.1 Å². The Labute approximate surface area is 86.1 Å². The molecule has 0 aliphatic rings. The van der Waals surface area contributed by atoms with Gasteiger partial charge in [0.15, 0.2) is 0 Å². The van der Waals surface area contributed by atoms with Crippen molar-refractivity contribution in [2.45, 2.75) is 19.0 Å². The Bertz CT molecular complexity index is 263. The highest BCUT2D eigenvalue weighted by molar-refractivity contribution is 7.97. The number of rotatable bonds is 5. The summed E-state index contributed by atoms with van der Waals surface area (Å²) >= 11 is 3.29. The van der Waals surface area contributed by atoms with Crippen LogP contribution >= 0.6 is 23.1 Å². The molecule has 1 rings (SSSR count). The number of aliphatic hydroxyl groups is 1. The zero-order valence-electron chi connectivity index (χ0n) is 7.74. The summed E-state index contributed by atoms with van der Waals surface area (Å²) in [4.78, 5) is 5.30. The summed E-state index contributed by atoms with van der Waals surface area (Å²) in [5.41, 5.74) is 0.874. The van der Waals surface area contributed by atoms with Gasteiger partial charge in [-0.15, -0.1) is 11.3 Å². The third-order valence-corrected chi connectivity index (χ3v) is 3.34. The molecule has 0 unspecified atom stereocenters. The normalized spacial score (nSPS) is 10.7. The molecule has 74 valence electrons. The maximum atomic E-state index is 9.03. The highest BCUT2D eigenvalue weighted by Gasteiger charge is 2.09. The topological polar surface area (TPSA) is 42.4 Å². The summed E-state index contributed by atoms with van der Waals surface area (Å²) in [6.07, 6.45) is 2.04. The van der Waals surface area contributed by atoms with Gasteiger partial charge < -0.3 is 9.84 Å². The largest absolute Gasteiger partial charge is 0.391 e. The molecule has 0 atom stereocenters. The molecule has 0 spiro atoms. The van der Waals surface area contributed by atoms with Crippen LogP contribution in [0.4, 0.5) is 0 Å². The van der Waals surface area contributed by atoms with Crippen LogP contribution in [0.2, 0.25) is 0 Å². The first-order chi connectivity index (χ1) is 6.31. The lowest BCUT2D eigenvalue weighted by Crippen LogP contribution is -1.93. The number of nitrogens with zero attached hydrogens (tertiary/aromatic N) is 1. The van der Waals surface area contributed by atoms with E-state index in [2.05, 4.69) is 4.98 Å². The lowest BCUT2D eigenvalue weighted by molar-refractivity contribution is 0.178. The van der Waals surface area contributed by atoms with Crippen molar-refractivity contribution in [3.8, 4) is 0 Å². The Kier molecular flexibility index (Phi) is 4.72. The minimum absolute atomic E-state index is 0.0603. The van der Waals surface area contributed by atoms with E-state index in [1.54, 1.807) is 30.2 Å². The van der Waals surface area contributed by atoms with Gasteiger partial charge in [-0.1, -0.05) is 0 Å². The maximum Gasteiger partial charge on any atom is 0.103 e. The monoisotopic (exact) mass is 219 g/mol. The molecule has 13 heavy (non-hydrogen) atoms. The van der Waals surface area contributed by atoms with Crippen LogP contribution in [0.15, 0.2) is 0 Å². The zero-order valence-corrected chi connectivity index (χ0v) is 9.37. The number of hydrogen-bond donors (Lipinski definition) is 1. The number of aliphatic hydroxyl groups excluding tert-OH is 1. The third kappa shape index (κ3) is 2.95. The summed E-state index contributed by atoms with van der Waals surface area (Å²) in [6.45, 7) is 0.547. The highest BCUT2D eigenvalue weighted by Crippen LogP contribution is 2.22. The fourth-order valence-corrected chi connectivity index (χ4v) is 2.62. The van der Waals surface area contributed by atoms with Gasteiger partial charge in [0.2, 0.25) is 0 Å². The van der Waals surface area contributed by atoms with Crippen molar-refractivity contribution in [2.24, 2.45) is 0 Å². The smallest absolute Gasteiger partial charge is 0.103 e. The number of thioether (sulfide) groups is 1. The van der Waals surface area contributed by atoms with Crippen LogP contribution in [-0.4, -0.2) is 23.5 Å². The summed E-state index contributed by atoms with van der Waals surface area (Å²) in [6, 6.07) is 0. The first-order valence-corrected chi connectivity index (χ1v) is 6.09. The van der Waals surface area contributed by atoms with E-state index < -0.39 is 0 Å². The van der Waals surface area contributed by atoms with Gasteiger partial charge in [0.25, 0.3) is 0 Å². The Morgan fingerprint density at radius 3 is 2.92 bits per heavy atom. The minimum atomic E-state index is 0.0603. The SMILES string of the molecule is COCc1nc(CSC)sc1CO. The molecular weight excluding hydrogens is 206 g/mol. The molecule has 1 heterocycles. The van der Waals surface area contributed by atoms with Crippen LogP contribution in [0.3, 0.4) is 0 Å². The summed E-state index contributed by atoms with van der Waals surface area (Å²) in [7, 11) is 1.63. The number of thiazole rings is 1. The molecule has 0 saturated carbocycles. The molecule has 0 aromatic carbocycles. The summed E-state index contributed by atoms with van der Waals surface area (Å²) in [5, 5.41) is 10.1. The number of ether oxygens (including phenoxy) is 1. The van der Waals surface area contributed by atoms with Crippen molar-refractivity contribution < 1.29 is 9.84 Å². The van der Waals surface area contributed by atoms with Crippen molar-refractivity contribution in [3.05, 3.63) is 15.6 Å². The molecule has 0 radical (unpaired) electrons. The van der Waals surface area contributed by atoms with E-state index in [1.807, 2.05) is 6.26 Å². The number of methoxy groups -OCH3 is 1. The second-order valence-electron chi connectivity index (χ2n) is 2.50. The number of aromatic nitrogens is 1. The third-order valence-electron chi connectivity index (χ3n) is 1.52. The van der Waals surface area contributed by atoms with E-state index >= 15 is 0 Å². The van der Waals surface area contributed by atoms with Crippen LogP contribution in [0.5, 0.6) is 0 Å². The van der Waals surface area contributed by atoms with Gasteiger partial charge >= 0.3 is 0 Å². The molecule has 0 aliphatic carbocycles. The molecule has 0 bridgehead atoms. The fraction of sp³-hybridized carbons (Fsp3) is 0.625. The van der Waals surface area contributed by atoms with Gasteiger partial charge in [0.05, 0.1) is 23.8 Å². The molecule has 1 N–H and O–H groups in total. The van der Waals surface area contributed by atoms with E-state index in [0.717, 1.165) is 21.3 Å². The zero-order chi connectivity index (χ0) is 9.68. The molecule has 5 heteroatoms. The molecule has 1 aromatic heterocycles. The Balaban J connectivity index is 2.77. The average molecular weight is 219 g/mol. The highest BCUT2D eigenvalue weighted by atomic mass is 32.2. The van der Waals surface area contributed by atoms with Crippen molar-refractivity contribution in [1.82, 2.24) is 4.98 Å². The summed E-state index contributed by atoms with van der Waals surface area (Å²) < 4.78 is 4.99. The van der Waals surface area contributed by atoms with E-state index in [1.165, 1.54) is 0 Å². The Hall–Kier alpha value is -0.100. The van der Waals surface area contributed by atoms with Crippen LogP contribution in [0.25, 0.3) is 0 Å². The average Bonchev–Trinajstić information content (AvgIpc) is 2.49. The Morgan fingerprint density at radius 2 is 2.38 bits per heavy atom. The van der Waals surface area contributed by atoms with E-state index in [4.69, 9.17) is 9.84 Å². The van der Waals surface area contributed by atoms with Crippen molar-refractivity contribution in [2.75, 3.05) is 13.4 Å².